The quantitative estimate of drug-likeness (QED) is 0.649. The maximum atomic E-state index is 12.6. The van der Waals surface area contributed by atoms with Crippen LogP contribution in [0.15, 0.2) is 42.5 Å². The summed E-state index contributed by atoms with van der Waals surface area (Å²) in [6.07, 6.45) is 0. The van der Waals surface area contributed by atoms with Crippen LogP contribution in [0.2, 0.25) is 10.0 Å². The Morgan fingerprint density at radius 1 is 1.12 bits per heavy atom. The summed E-state index contributed by atoms with van der Waals surface area (Å²) in [7, 11) is 0. The number of aryl methyl sites for hydroxylation is 2. The zero-order chi connectivity index (χ0) is 18.8. The number of hydrogen-bond acceptors (Lipinski definition) is 2. The van der Waals surface area contributed by atoms with Crippen molar-refractivity contribution in [3.05, 3.63) is 80.6 Å². The number of aromatic nitrogens is 2. The Bertz CT molecular complexity index is 979. The summed E-state index contributed by atoms with van der Waals surface area (Å²) in [6, 6.07) is 13.0. The summed E-state index contributed by atoms with van der Waals surface area (Å²) >= 11 is 12.0. The van der Waals surface area contributed by atoms with Gasteiger partial charge in [0.15, 0.2) is 0 Å². The van der Waals surface area contributed by atoms with E-state index in [1.54, 1.807) is 18.2 Å². The molecule has 0 atom stereocenters. The van der Waals surface area contributed by atoms with Crippen molar-refractivity contribution in [2.24, 2.45) is 0 Å². The predicted octanol–water partition coefficient (Wildman–Crippen LogP) is 5.42. The van der Waals surface area contributed by atoms with Crippen LogP contribution in [0.5, 0.6) is 0 Å². The van der Waals surface area contributed by atoms with Gasteiger partial charge < -0.3 is 5.32 Å². The third-order valence-corrected chi connectivity index (χ3v) is 4.92. The number of benzene rings is 2. The highest BCUT2D eigenvalue weighted by atomic mass is 35.5. The van der Waals surface area contributed by atoms with Crippen molar-refractivity contribution in [3.8, 4) is 0 Å². The van der Waals surface area contributed by atoms with Crippen LogP contribution >= 0.6 is 23.2 Å². The topological polar surface area (TPSA) is 46.9 Å². The lowest BCUT2D eigenvalue weighted by Crippen LogP contribution is -2.14. The first-order valence-electron chi connectivity index (χ1n) is 8.21. The summed E-state index contributed by atoms with van der Waals surface area (Å²) in [6.45, 7) is 6.54. The molecule has 1 aromatic heterocycles. The standard InChI is InChI=1S/C20H19Cl2N3O/c1-12-6-4-5-7-15(12)11-25-14(3)19(13(2)24-25)23-20(26)17-9-8-16(21)10-18(17)22/h4-10H,11H2,1-3H3,(H,23,26). The number of hydrogen-bond donors (Lipinski definition) is 1. The first-order valence-corrected chi connectivity index (χ1v) is 8.97. The van der Waals surface area contributed by atoms with Gasteiger partial charge in [0.05, 0.1) is 34.2 Å². The minimum Gasteiger partial charge on any atom is -0.319 e. The van der Waals surface area contributed by atoms with E-state index in [2.05, 4.69) is 29.5 Å². The molecule has 2 aromatic carbocycles. The number of amides is 1. The number of nitrogens with zero attached hydrogens (tertiary/aromatic N) is 2. The summed E-state index contributed by atoms with van der Waals surface area (Å²) < 4.78 is 1.90. The second-order valence-corrected chi connectivity index (χ2v) is 7.05. The van der Waals surface area contributed by atoms with Crippen molar-refractivity contribution in [2.45, 2.75) is 27.3 Å². The van der Waals surface area contributed by atoms with Gasteiger partial charge in [0.1, 0.15) is 0 Å². The Labute approximate surface area is 162 Å². The van der Waals surface area contributed by atoms with Crippen molar-refractivity contribution in [3.63, 3.8) is 0 Å². The minimum absolute atomic E-state index is 0.284. The predicted molar refractivity (Wildman–Crippen MR) is 106 cm³/mol. The Hall–Kier alpha value is -2.30. The van der Waals surface area contributed by atoms with Gasteiger partial charge in [0.2, 0.25) is 0 Å². The lowest BCUT2D eigenvalue weighted by molar-refractivity contribution is 0.102. The van der Waals surface area contributed by atoms with Crippen molar-refractivity contribution < 1.29 is 4.79 Å². The summed E-state index contributed by atoms with van der Waals surface area (Å²) in [4.78, 5) is 12.6. The van der Waals surface area contributed by atoms with Gasteiger partial charge in [-0.2, -0.15) is 5.10 Å². The number of carbonyl (C=O) groups is 1. The number of nitrogens with one attached hydrogen (secondary N) is 1. The molecule has 0 aliphatic carbocycles. The van der Waals surface area contributed by atoms with Gasteiger partial charge in [-0.05, 0) is 50.1 Å². The Morgan fingerprint density at radius 3 is 2.54 bits per heavy atom. The van der Waals surface area contributed by atoms with Crippen LogP contribution < -0.4 is 5.32 Å². The van der Waals surface area contributed by atoms with Gasteiger partial charge in [-0.3, -0.25) is 9.48 Å². The molecule has 0 fully saturated rings. The molecule has 1 heterocycles. The third kappa shape index (κ3) is 3.76. The van der Waals surface area contributed by atoms with E-state index >= 15 is 0 Å². The average molecular weight is 388 g/mol. The Morgan fingerprint density at radius 2 is 1.85 bits per heavy atom. The molecule has 0 spiro atoms. The van der Waals surface area contributed by atoms with Gasteiger partial charge in [-0.15, -0.1) is 0 Å². The number of anilines is 1. The molecule has 134 valence electrons. The molecular formula is C20H19Cl2N3O. The van der Waals surface area contributed by atoms with Gasteiger partial charge >= 0.3 is 0 Å². The van der Waals surface area contributed by atoms with E-state index in [4.69, 9.17) is 23.2 Å². The molecule has 0 aliphatic heterocycles. The summed E-state index contributed by atoms with van der Waals surface area (Å²) in [5.41, 5.74) is 5.13. The lowest BCUT2D eigenvalue weighted by Gasteiger charge is -2.09. The molecular weight excluding hydrogens is 369 g/mol. The molecule has 1 N–H and O–H groups in total. The van der Waals surface area contributed by atoms with E-state index in [-0.39, 0.29) is 5.91 Å². The van der Waals surface area contributed by atoms with Crippen LogP contribution in [0.25, 0.3) is 0 Å². The van der Waals surface area contributed by atoms with Crippen LogP contribution in [0, 0.1) is 20.8 Å². The second kappa shape index (κ2) is 7.52. The Kier molecular flexibility index (Phi) is 5.35. The monoisotopic (exact) mass is 387 g/mol. The van der Waals surface area contributed by atoms with Gasteiger partial charge in [-0.25, -0.2) is 0 Å². The van der Waals surface area contributed by atoms with Crippen LogP contribution in [0.3, 0.4) is 0 Å². The fourth-order valence-corrected chi connectivity index (χ4v) is 3.33. The molecule has 0 radical (unpaired) electrons. The zero-order valence-electron chi connectivity index (χ0n) is 14.8. The van der Waals surface area contributed by atoms with E-state index < -0.39 is 0 Å². The average Bonchev–Trinajstić information content (AvgIpc) is 2.84. The largest absolute Gasteiger partial charge is 0.319 e. The molecule has 6 heteroatoms. The highest BCUT2D eigenvalue weighted by Crippen LogP contribution is 2.25. The molecule has 0 unspecified atom stereocenters. The molecule has 3 aromatic rings. The number of carbonyl (C=O) groups excluding carboxylic acids is 1. The van der Waals surface area contributed by atoms with Gasteiger partial charge in [0.25, 0.3) is 5.91 Å². The summed E-state index contributed by atoms with van der Waals surface area (Å²) in [5, 5.41) is 8.31. The first kappa shape index (κ1) is 18.5. The van der Waals surface area contributed by atoms with E-state index in [1.807, 2.05) is 30.7 Å². The van der Waals surface area contributed by atoms with Crippen molar-refractivity contribution >= 4 is 34.8 Å². The molecule has 3 rings (SSSR count). The minimum atomic E-state index is -0.284. The number of halogens is 2. The van der Waals surface area contributed by atoms with Crippen molar-refractivity contribution in [2.75, 3.05) is 5.32 Å². The molecule has 0 saturated heterocycles. The van der Waals surface area contributed by atoms with Crippen molar-refractivity contribution in [1.82, 2.24) is 9.78 Å². The van der Waals surface area contributed by atoms with E-state index in [9.17, 15) is 4.79 Å². The number of rotatable bonds is 4. The second-order valence-electron chi connectivity index (χ2n) is 6.21. The molecule has 0 saturated carbocycles. The zero-order valence-corrected chi connectivity index (χ0v) is 16.3. The van der Waals surface area contributed by atoms with Crippen LogP contribution in [-0.4, -0.2) is 15.7 Å². The first-order chi connectivity index (χ1) is 12.4. The summed E-state index contributed by atoms with van der Waals surface area (Å²) in [5.74, 6) is -0.284. The van der Waals surface area contributed by atoms with Crippen LogP contribution in [0.4, 0.5) is 5.69 Å². The maximum Gasteiger partial charge on any atom is 0.257 e. The highest BCUT2D eigenvalue weighted by Gasteiger charge is 2.17. The van der Waals surface area contributed by atoms with Gasteiger partial charge in [-0.1, -0.05) is 47.5 Å². The third-order valence-electron chi connectivity index (χ3n) is 4.38. The maximum absolute atomic E-state index is 12.6. The Balaban J connectivity index is 1.86. The van der Waals surface area contributed by atoms with E-state index in [1.165, 1.54) is 11.1 Å². The normalized spacial score (nSPS) is 10.8. The fourth-order valence-electron chi connectivity index (χ4n) is 2.84. The molecule has 0 aliphatic rings. The van der Waals surface area contributed by atoms with Gasteiger partial charge in [0, 0.05) is 5.02 Å². The molecule has 4 nitrogen and oxygen atoms in total. The molecule has 0 bridgehead atoms. The highest BCUT2D eigenvalue weighted by molar-refractivity contribution is 6.37. The SMILES string of the molecule is Cc1ccccc1Cn1nc(C)c(NC(=O)c2ccc(Cl)cc2Cl)c1C. The van der Waals surface area contributed by atoms with E-state index in [0.29, 0.717) is 27.8 Å². The van der Waals surface area contributed by atoms with Crippen LogP contribution in [-0.2, 0) is 6.54 Å². The molecule has 26 heavy (non-hydrogen) atoms. The molecule has 1 amide bonds. The fraction of sp³-hybridized carbons (Fsp3) is 0.200. The smallest absolute Gasteiger partial charge is 0.257 e. The lowest BCUT2D eigenvalue weighted by atomic mass is 10.1. The van der Waals surface area contributed by atoms with E-state index in [0.717, 1.165) is 11.4 Å². The van der Waals surface area contributed by atoms with Crippen LogP contribution in [0.1, 0.15) is 32.9 Å². The van der Waals surface area contributed by atoms with Crippen molar-refractivity contribution in [1.29, 1.82) is 0 Å².